The average Bonchev–Trinajstić information content (AvgIpc) is 3.36. The first kappa shape index (κ1) is 21.1. The normalized spacial score (nSPS) is 15.2. The van der Waals surface area contributed by atoms with E-state index in [1.807, 2.05) is 48.5 Å². The molecule has 5 rings (SSSR count). The molecule has 0 spiro atoms. The van der Waals surface area contributed by atoms with Crippen LogP contribution in [-0.2, 0) is 16.2 Å². The lowest BCUT2D eigenvalue weighted by molar-refractivity contribution is -0.115. The zero-order chi connectivity index (χ0) is 21.9. The first-order valence-corrected chi connectivity index (χ1v) is 12.0. The number of carbonyl (C=O) groups is 1. The number of fused-ring (bicyclic) bond motifs is 2. The number of aromatic hydroxyl groups is 1. The molecule has 1 amide bonds. The highest BCUT2D eigenvalue weighted by Crippen LogP contribution is 2.39. The van der Waals surface area contributed by atoms with Crippen molar-refractivity contribution in [1.82, 2.24) is 14.5 Å². The number of azo groups is 1. The molecule has 4 aromatic rings. The lowest BCUT2D eigenvalue weighted by atomic mass is 10.2. The maximum atomic E-state index is 12.4. The third-order valence-corrected chi connectivity index (χ3v) is 7.38. The maximum Gasteiger partial charge on any atom is 0.274 e. The van der Waals surface area contributed by atoms with Gasteiger partial charge >= 0.3 is 0 Å². The van der Waals surface area contributed by atoms with Gasteiger partial charge < -0.3 is 9.84 Å². The number of rotatable bonds is 6. The van der Waals surface area contributed by atoms with Gasteiger partial charge in [0, 0.05) is 18.5 Å². The van der Waals surface area contributed by atoms with Gasteiger partial charge in [0.25, 0.3) is 5.91 Å². The van der Waals surface area contributed by atoms with Crippen LogP contribution >= 0.6 is 23.1 Å². The van der Waals surface area contributed by atoms with Gasteiger partial charge in [0.1, 0.15) is 0 Å². The minimum Gasteiger partial charge on any atom is -0.493 e. The molecule has 2 aromatic carbocycles. The molecule has 0 aliphatic carbocycles. The van der Waals surface area contributed by atoms with Gasteiger partial charge in [0.15, 0.2) is 10.0 Å². The van der Waals surface area contributed by atoms with E-state index in [9.17, 15) is 9.90 Å². The van der Waals surface area contributed by atoms with Crippen LogP contribution in [0.25, 0.3) is 21.1 Å². The van der Waals surface area contributed by atoms with Crippen LogP contribution in [0.2, 0.25) is 0 Å². The minimum atomic E-state index is -0.376. The molecular formula is C22H21N5O3S2. The molecule has 0 bridgehead atoms. The number of thioether (sulfide) groups is 1. The molecule has 0 radical (unpaired) electrons. The molecule has 0 unspecified atom stereocenters. The van der Waals surface area contributed by atoms with E-state index in [2.05, 4.69) is 20.1 Å². The summed E-state index contributed by atoms with van der Waals surface area (Å²) in [7, 11) is 0. The minimum absolute atomic E-state index is 0.00747. The highest BCUT2D eigenvalue weighted by molar-refractivity contribution is 8.01. The number of benzene rings is 2. The predicted molar refractivity (Wildman–Crippen MR) is 126 cm³/mol. The lowest BCUT2D eigenvalue weighted by Crippen LogP contribution is -2.37. The van der Waals surface area contributed by atoms with Gasteiger partial charge in [-0.2, -0.15) is 0 Å². The standard InChI is InChI=1S/C22H21N5O3S2/c28-19(13-31-22-23-16-6-2-4-8-18(16)32-22)24-25-20-15-5-1-3-7-17(15)27(21(20)29)14-26-9-11-30-12-10-26/h1-8,29H,9-14H2. The number of aromatic nitrogens is 2. The van der Waals surface area contributed by atoms with E-state index in [-0.39, 0.29) is 17.5 Å². The Hall–Kier alpha value is -2.79. The van der Waals surface area contributed by atoms with Crippen LogP contribution in [0.15, 0.2) is 63.1 Å². The molecule has 1 aliphatic heterocycles. The number of hydrogen-bond donors (Lipinski definition) is 1. The highest BCUT2D eigenvalue weighted by Gasteiger charge is 2.20. The summed E-state index contributed by atoms with van der Waals surface area (Å²) in [5.74, 6) is -0.233. The highest BCUT2D eigenvalue weighted by atomic mass is 32.2. The van der Waals surface area contributed by atoms with Crippen LogP contribution < -0.4 is 0 Å². The van der Waals surface area contributed by atoms with Gasteiger partial charge in [-0.1, -0.05) is 42.1 Å². The summed E-state index contributed by atoms with van der Waals surface area (Å²) in [6, 6.07) is 15.5. The number of carbonyl (C=O) groups excluding carboxylic acids is 1. The first-order valence-electron chi connectivity index (χ1n) is 10.2. The number of amides is 1. The molecule has 0 saturated carbocycles. The zero-order valence-corrected chi connectivity index (χ0v) is 18.8. The average molecular weight is 468 g/mol. The summed E-state index contributed by atoms with van der Waals surface area (Å²) >= 11 is 2.89. The number of hydrogen-bond acceptors (Lipinski definition) is 8. The quantitative estimate of drug-likeness (QED) is 0.328. The smallest absolute Gasteiger partial charge is 0.274 e. The van der Waals surface area contributed by atoms with E-state index in [0.29, 0.717) is 25.6 Å². The van der Waals surface area contributed by atoms with Crippen molar-refractivity contribution in [2.45, 2.75) is 11.0 Å². The SMILES string of the molecule is O=C(CSc1nc2ccccc2s1)N=Nc1c(O)n(CN2CCOCC2)c2ccccc12. The second-order valence-electron chi connectivity index (χ2n) is 7.32. The third-order valence-electron chi connectivity index (χ3n) is 5.22. The van der Waals surface area contributed by atoms with Gasteiger partial charge in [-0.3, -0.25) is 14.3 Å². The Balaban J connectivity index is 1.32. The zero-order valence-electron chi connectivity index (χ0n) is 17.2. The third kappa shape index (κ3) is 4.40. The fraction of sp³-hybridized carbons (Fsp3) is 0.273. The van der Waals surface area contributed by atoms with Crippen molar-refractivity contribution in [2.75, 3.05) is 32.1 Å². The Kier molecular flexibility index (Phi) is 6.17. The number of ether oxygens (including phenoxy) is 1. The van der Waals surface area contributed by atoms with Gasteiger partial charge in [-0.25, -0.2) is 4.98 Å². The molecule has 2 aromatic heterocycles. The Morgan fingerprint density at radius 3 is 2.78 bits per heavy atom. The van der Waals surface area contributed by atoms with Gasteiger partial charge in [0.05, 0.1) is 41.4 Å². The summed E-state index contributed by atoms with van der Waals surface area (Å²) < 4.78 is 9.11. The van der Waals surface area contributed by atoms with E-state index >= 15 is 0 Å². The van der Waals surface area contributed by atoms with Crippen LogP contribution in [0.1, 0.15) is 0 Å². The van der Waals surface area contributed by atoms with Crippen LogP contribution in [-0.4, -0.2) is 57.5 Å². The monoisotopic (exact) mass is 467 g/mol. The Morgan fingerprint density at radius 2 is 1.94 bits per heavy atom. The van der Waals surface area contributed by atoms with Crippen LogP contribution in [0.4, 0.5) is 5.69 Å². The fourth-order valence-electron chi connectivity index (χ4n) is 3.63. The van der Waals surface area contributed by atoms with Crippen molar-refractivity contribution in [1.29, 1.82) is 0 Å². The summed E-state index contributed by atoms with van der Waals surface area (Å²) in [5.41, 5.74) is 2.08. The number of para-hydroxylation sites is 2. The number of thiazole rings is 1. The molecule has 3 heterocycles. The van der Waals surface area contributed by atoms with E-state index in [1.54, 1.807) is 15.9 Å². The number of nitrogens with zero attached hydrogens (tertiary/aromatic N) is 5. The van der Waals surface area contributed by atoms with Gasteiger partial charge in [-0.05, 0) is 18.2 Å². The van der Waals surface area contributed by atoms with Crippen LogP contribution in [0, 0.1) is 0 Å². The van der Waals surface area contributed by atoms with Crippen molar-refractivity contribution in [3.63, 3.8) is 0 Å². The molecule has 1 aliphatic rings. The second-order valence-corrected chi connectivity index (χ2v) is 9.57. The van der Waals surface area contributed by atoms with E-state index in [0.717, 1.165) is 38.5 Å². The summed E-state index contributed by atoms with van der Waals surface area (Å²) in [6.07, 6.45) is 0. The van der Waals surface area contributed by atoms with Gasteiger partial charge in [-0.15, -0.1) is 21.6 Å². The van der Waals surface area contributed by atoms with Crippen molar-refractivity contribution in [2.24, 2.45) is 10.2 Å². The van der Waals surface area contributed by atoms with Crippen LogP contribution in [0.5, 0.6) is 5.88 Å². The molecule has 164 valence electrons. The van der Waals surface area contributed by atoms with Crippen molar-refractivity contribution < 1.29 is 14.6 Å². The molecule has 32 heavy (non-hydrogen) atoms. The van der Waals surface area contributed by atoms with E-state index < -0.39 is 0 Å². The first-order chi connectivity index (χ1) is 15.7. The lowest BCUT2D eigenvalue weighted by Gasteiger charge is -2.27. The Labute approximate surface area is 192 Å². The Morgan fingerprint density at radius 1 is 1.16 bits per heavy atom. The molecule has 0 atom stereocenters. The molecule has 1 N–H and O–H groups in total. The summed E-state index contributed by atoms with van der Waals surface area (Å²) in [6.45, 7) is 3.46. The van der Waals surface area contributed by atoms with Crippen molar-refractivity contribution in [3.05, 3.63) is 48.5 Å². The summed E-state index contributed by atoms with van der Waals surface area (Å²) in [5, 5.41) is 19.6. The van der Waals surface area contributed by atoms with Crippen molar-refractivity contribution in [3.8, 4) is 5.88 Å². The number of morpholine rings is 1. The molecule has 1 fully saturated rings. The van der Waals surface area contributed by atoms with E-state index in [1.165, 1.54) is 11.8 Å². The summed E-state index contributed by atoms with van der Waals surface area (Å²) in [4.78, 5) is 19.1. The molecule has 1 saturated heterocycles. The molecule has 10 heteroatoms. The van der Waals surface area contributed by atoms with E-state index in [4.69, 9.17) is 4.74 Å². The molecular weight excluding hydrogens is 446 g/mol. The van der Waals surface area contributed by atoms with Crippen LogP contribution in [0.3, 0.4) is 0 Å². The molecule has 8 nitrogen and oxygen atoms in total. The maximum absolute atomic E-state index is 12.4. The van der Waals surface area contributed by atoms with Crippen molar-refractivity contribution >= 4 is 55.8 Å². The van der Waals surface area contributed by atoms with Gasteiger partial charge in [0.2, 0.25) is 5.88 Å². The fourth-order valence-corrected chi connectivity index (χ4v) is 5.47. The largest absolute Gasteiger partial charge is 0.493 e. The Bertz CT molecular complexity index is 1260. The predicted octanol–water partition coefficient (Wildman–Crippen LogP) is 4.65. The second kappa shape index (κ2) is 9.37. The topological polar surface area (TPSA) is 92.3 Å².